The van der Waals surface area contributed by atoms with Crippen molar-refractivity contribution in [2.24, 2.45) is 5.92 Å². The first-order valence-electron chi connectivity index (χ1n) is 11.2. The van der Waals surface area contributed by atoms with Crippen LogP contribution < -0.4 is 16.6 Å². The van der Waals surface area contributed by atoms with Crippen molar-refractivity contribution < 1.29 is 9.18 Å². The van der Waals surface area contributed by atoms with Gasteiger partial charge < -0.3 is 5.32 Å². The number of hydrogen-bond donors (Lipinski definition) is 1. The lowest BCUT2D eigenvalue weighted by atomic mass is 10.1. The maximum atomic E-state index is 14.3. The van der Waals surface area contributed by atoms with Gasteiger partial charge in [-0.25, -0.2) is 13.8 Å². The predicted octanol–water partition coefficient (Wildman–Crippen LogP) is 3.65. The monoisotopic (exact) mass is 459 g/mol. The number of rotatable bonds is 7. The molecule has 1 amide bonds. The van der Waals surface area contributed by atoms with Gasteiger partial charge in [0.25, 0.3) is 5.56 Å². The Kier molecular flexibility index (Phi) is 6.72. The number of nitrogens with one attached hydrogen (secondary N) is 1. The van der Waals surface area contributed by atoms with Crippen LogP contribution in [-0.4, -0.2) is 21.6 Å². The Bertz CT molecular complexity index is 1450. The molecule has 4 rings (SSSR count). The lowest BCUT2D eigenvalue weighted by molar-refractivity contribution is -0.120. The fourth-order valence-electron chi connectivity index (χ4n) is 3.83. The quantitative estimate of drug-likeness (QED) is 0.459. The second-order valence-electron chi connectivity index (χ2n) is 8.66. The van der Waals surface area contributed by atoms with E-state index in [1.165, 1.54) is 10.6 Å². The van der Waals surface area contributed by atoms with E-state index in [4.69, 9.17) is 0 Å². The third-order valence-electron chi connectivity index (χ3n) is 5.60. The van der Waals surface area contributed by atoms with E-state index in [2.05, 4.69) is 5.32 Å². The van der Waals surface area contributed by atoms with Gasteiger partial charge in [0.2, 0.25) is 5.91 Å². The molecule has 1 heterocycles. The van der Waals surface area contributed by atoms with E-state index < -0.39 is 17.1 Å². The molecule has 1 N–H and O–H groups in total. The molecular formula is C27H26FN3O3. The Morgan fingerprint density at radius 2 is 1.62 bits per heavy atom. The molecule has 0 atom stereocenters. The number of fused-ring (bicyclic) bond motifs is 1. The standard InChI is InChI=1S/C27H26FN3O3/c1-18(2)16-29-25(32)15-19-11-13-21(14-12-19)31-26(33)22-8-4-6-10-24(22)30(27(31)34)17-20-7-3-5-9-23(20)28/h3-14,18H,15-17H2,1-2H3,(H,29,32). The Labute approximate surface area is 196 Å². The normalized spacial score (nSPS) is 11.2. The first-order valence-corrected chi connectivity index (χ1v) is 11.2. The first-order chi connectivity index (χ1) is 16.3. The molecular weight excluding hydrogens is 433 g/mol. The first kappa shape index (κ1) is 23.2. The van der Waals surface area contributed by atoms with E-state index in [0.29, 0.717) is 34.6 Å². The fourth-order valence-corrected chi connectivity index (χ4v) is 3.83. The maximum absolute atomic E-state index is 14.3. The van der Waals surface area contributed by atoms with Crippen LogP contribution in [0.4, 0.5) is 4.39 Å². The average molecular weight is 460 g/mol. The predicted molar refractivity (Wildman–Crippen MR) is 131 cm³/mol. The van der Waals surface area contributed by atoms with Gasteiger partial charge in [-0.15, -0.1) is 0 Å². The van der Waals surface area contributed by atoms with Crippen LogP contribution in [0, 0.1) is 11.7 Å². The number of benzene rings is 3. The third-order valence-corrected chi connectivity index (χ3v) is 5.60. The van der Waals surface area contributed by atoms with E-state index >= 15 is 0 Å². The molecule has 0 aliphatic heterocycles. The van der Waals surface area contributed by atoms with Crippen LogP contribution in [0.25, 0.3) is 16.6 Å². The molecule has 1 aromatic heterocycles. The second kappa shape index (κ2) is 9.87. The molecule has 4 aromatic rings. The highest BCUT2D eigenvalue weighted by molar-refractivity contribution is 5.79. The van der Waals surface area contributed by atoms with Crippen molar-refractivity contribution in [2.75, 3.05) is 6.54 Å². The van der Waals surface area contributed by atoms with Crippen LogP contribution in [0.3, 0.4) is 0 Å². The molecule has 0 aliphatic rings. The summed E-state index contributed by atoms with van der Waals surface area (Å²) in [5.74, 6) is -0.148. The number of hydrogen-bond acceptors (Lipinski definition) is 3. The highest BCUT2D eigenvalue weighted by atomic mass is 19.1. The molecule has 34 heavy (non-hydrogen) atoms. The molecule has 0 bridgehead atoms. The number of carbonyl (C=O) groups is 1. The van der Waals surface area contributed by atoms with E-state index in [-0.39, 0.29) is 18.9 Å². The van der Waals surface area contributed by atoms with Crippen LogP contribution in [0.15, 0.2) is 82.4 Å². The molecule has 7 heteroatoms. The summed E-state index contributed by atoms with van der Waals surface area (Å²) in [4.78, 5) is 38.8. The topological polar surface area (TPSA) is 73.1 Å². The lowest BCUT2D eigenvalue weighted by Crippen LogP contribution is -2.39. The zero-order chi connectivity index (χ0) is 24.2. The molecule has 0 fully saturated rings. The van der Waals surface area contributed by atoms with Crippen molar-refractivity contribution in [3.8, 4) is 5.69 Å². The molecule has 0 unspecified atom stereocenters. The smallest absolute Gasteiger partial charge is 0.336 e. The highest BCUT2D eigenvalue weighted by Crippen LogP contribution is 2.14. The van der Waals surface area contributed by atoms with Crippen LogP contribution in [0.5, 0.6) is 0 Å². The van der Waals surface area contributed by atoms with E-state index in [1.807, 2.05) is 13.8 Å². The average Bonchev–Trinajstić information content (AvgIpc) is 2.83. The van der Waals surface area contributed by atoms with Gasteiger partial charge in [0.05, 0.1) is 29.6 Å². The number of halogens is 1. The molecule has 0 aliphatic carbocycles. The van der Waals surface area contributed by atoms with Crippen molar-refractivity contribution in [1.82, 2.24) is 14.5 Å². The summed E-state index contributed by atoms with van der Waals surface area (Å²) in [6.45, 7) is 4.63. The largest absolute Gasteiger partial charge is 0.356 e. The molecule has 174 valence electrons. The van der Waals surface area contributed by atoms with Gasteiger partial charge in [-0.1, -0.05) is 56.3 Å². The molecule has 0 saturated carbocycles. The van der Waals surface area contributed by atoms with Crippen molar-refractivity contribution in [3.05, 3.63) is 111 Å². The van der Waals surface area contributed by atoms with E-state index in [9.17, 15) is 18.8 Å². The minimum absolute atomic E-state index is 0.0135. The van der Waals surface area contributed by atoms with Crippen molar-refractivity contribution in [3.63, 3.8) is 0 Å². The van der Waals surface area contributed by atoms with Gasteiger partial charge in [0, 0.05) is 12.1 Å². The number of para-hydroxylation sites is 1. The van der Waals surface area contributed by atoms with Crippen molar-refractivity contribution >= 4 is 16.8 Å². The molecule has 3 aromatic carbocycles. The Morgan fingerprint density at radius 1 is 0.941 bits per heavy atom. The Morgan fingerprint density at radius 3 is 2.32 bits per heavy atom. The highest BCUT2D eigenvalue weighted by Gasteiger charge is 2.16. The Balaban J connectivity index is 1.75. The molecule has 0 radical (unpaired) electrons. The Hall–Kier alpha value is -4.00. The minimum Gasteiger partial charge on any atom is -0.356 e. The summed E-state index contributed by atoms with van der Waals surface area (Å²) >= 11 is 0. The minimum atomic E-state index is -0.561. The van der Waals surface area contributed by atoms with E-state index in [1.54, 1.807) is 66.7 Å². The number of nitrogens with zero attached hydrogens (tertiary/aromatic N) is 2. The van der Waals surface area contributed by atoms with Gasteiger partial charge in [0.15, 0.2) is 0 Å². The van der Waals surface area contributed by atoms with Crippen LogP contribution in [0.1, 0.15) is 25.0 Å². The molecule has 0 saturated heterocycles. The maximum Gasteiger partial charge on any atom is 0.336 e. The van der Waals surface area contributed by atoms with Crippen LogP contribution >= 0.6 is 0 Å². The summed E-state index contributed by atoms with van der Waals surface area (Å²) in [5.41, 5.74) is 0.931. The van der Waals surface area contributed by atoms with Crippen LogP contribution in [-0.2, 0) is 17.8 Å². The number of amides is 1. The number of aromatic nitrogens is 2. The zero-order valence-electron chi connectivity index (χ0n) is 19.1. The summed E-state index contributed by atoms with van der Waals surface area (Å²) in [6, 6.07) is 19.8. The molecule has 6 nitrogen and oxygen atoms in total. The summed E-state index contributed by atoms with van der Waals surface area (Å²) in [7, 11) is 0. The molecule has 0 spiro atoms. The second-order valence-corrected chi connectivity index (χ2v) is 8.66. The van der Waals surface area contributed by atoms with Gasteiger partial charge in [-0.2, -0.15) is 0 Å². The summed E-state index contributed by atoms with van der Waals surface area (Å²) in [6.07, 6.45) is 0.205. The zero-order valence-corrected chi connectivity index (χ0v) is 19.1. The lowest BCUT2D eigenvalue weighted by Gasteiger charge is -2.15. The summed E-state index contributed by atoms with van der Waals surface area (Å²) in [5, 5.41) is 3.23. The van der Waals surface area contributed by atoms with Crippen molar-refractivity contribution in [2.45, 2.75) is 26.8 Å². The fraction of sp³-hybridized carbons (Fsp3) is 0.222. The van der Waals surface area contributed by atoms with Gasteiger partial charge in [0.1, 0.15) is 5.82 Å². The van der Waals surface area contributed by atoms with Crippen LogP contribution in [0.2, 0.25) is 0 Å². The van der Waals surface area contributed by atoms with Crippen molar-refractivity contribution in [1.29, 1.82) is 0 Å². The van der Waals surface area contributed by atoms with Gasteiger partial charge in [-0.05, 0) is 41.8 Å². The SMILES string of the molecule is CC(C)CNC(=O)Cc1ccc(-n2c(=O)c3ccccc3n(Cc3ccccc3F)c2=O)cc1. The van der Waals surface area contributed by atoms with Gasteiger partial charge >= 0.3 is 5.69 Å². The van der Waals surface area contributed by atoms with E-state index in [0.717, 1.165) is 10.1 Å². The summed E-state index contributed by atoms with van der Waals surface area (Å²) < 4.78 is 16.8. The van der Waals surface area contributed by atoms with Gasteiger partial charge in [-0.3, -0.25) is 14.2 Å². The third kappa shape index (κ3) is 4.83. The number of carbonyl (C=O) groups excluding carboxylic acids is 1.